The lowest BCUT2D eigenvalue weighted by atomic mass is 9.83. The summed E-state index contributed by atoms with van der Waals surface area (Å²) in [4.78, 5) is 12.7. The number of nitrogens with one attached hydrogen (secondary N) is 1. The van der Waals surface area contributed by atoms with E-state index in [1.807, 2.05) is 38.1 Å². The van der Waals surface area contributed by atoms with Crippen molar-refractivity contribution in [2.75, 3.05) is 26.6 Å². The van der Waals surface area contributed by atoms with E-state index in [-0.39, 0.29) is 5.91 Å². The first-order chi connectivity index (χ1) is 11.4. The van der Waals surface area contributed by atoms with Crippen LogP contribution in [0.15, 0.2) is 42.5 Å². The number of anilines is 1. The molecule has 1 amide bonds. The van der Waals surface area contributed by atoms with Crippen molar-refractivity contribution in [2.45, 2.75) is 19.3 Å². The Kier molecular flexibility index (Phi) is 5.34. The van der Waals surface area contributed by atoms with Crippen molar-refractivity contribution in [2.24, 2.45) is 0 Å². The zero-order valence-electron chi connectivity index (χ0n) is 14.7. The van der Waals surface area contributed by atoms with Gasteiger partial charge in [-0.3, -0.25) is 4.79 Å². The number of benzene rings is 2. The zero-order chi connectivity index (χ0) is 17.7. The average Bonchev–Trinajstić information content (AvgIpc) is 2.61. The molecule has 5 nitrogen and oxygen atoms in total. The SMILES string of the molecule is COc1ccc(C(C)(C)C(=O)Nc2ccc(OC)c(OC)c2)cc1. The molecule has 1 N–H and O–H groups in total. The molecule has 0 aliphatic heterocycles. The Morgan fingerprint density at radius 1 is 0.875 bits per heavy atom. The first-order valence-corrected chi connectivity index (χ1v) is 7.60. The largest absolute Gasteiger partial charge is 0.497 e. The van der Waals surface area contributed by atoms with Crippen molar-refractivity contribution in [3.63, 3.8) is 0 Å². The first-order valence-electron chi connectivity index (χ1n) is 7.60. The van der Waals surface area contributed by atoms with Gasteiger partial charge in [-0.2, -0.15) is 0 Å². The third-order valence-electron chi connectivity index (χ3n) is 4.02. The molecule has 2 aromatic carbocycles. The molecule has 2 rings (SSSR count). The predicted octanol–water partition coefficient (Wildman–Crippen LogP) is 3.63. The molecule has 0 fully saturated rings. The molecule has 0 aliphatic rings. The summed E-state index contributed by atoms with van der Waals surface area (Å²) in [5.41, 5.74) is 0.861. The van der Waals surface area contributed by atoms with Crippen LogP contribution in [-0.4, -0.2) is 27.2 Å². The molecule has 0 bridgehead atoms. The Bertz CT molecular complexity index is 708. The van der Waals surface area contributed by atoms with E-state index in [9.17, 15) is 4.79 Å². The molecular formula is C19H23NO4. The highest BCUT2D eigenvalue weighted by Crippen LogP contribution is 2.31. The van der Waals surface area contributed by atoms with Gasteiger partial charge in [0, 0.05) is 11.8 Å². The van der Waals surface area contributed by atoms with Crippen molar-refractivity contribution < 1.29 is 19.0 Å². The number of amides is 1. The lowest BCUT2D eigenvalue weighted by Gasteiger charge is -2.24. The highest BCUT2D eigenvalue weighted by Gasteiger charge is 2.30. The van der Waals surface area contributed by atoms with Gasteiger partial charge < -0.3 is 19.5 Å². The maximum absolute atomic E-state index is 12.7. The van der Waals surface area contributed by atoms with E-state index in [2.05, 4.69) is 5.32 Å². The minimum Gasteiger partial charge on any atom is -0.497 e. The molecule has 5 heteroatoms. The number of hydrogen-bond donors (Lipinski definition) is 1. The third-order valence-corrected chi connectivity index (χ3v) is 4.02. The molecule has 0 radical (unpaired) electrons. The molecule has 0 saturated heterocycles. The summed E-state index contributed by atoms with van der Waals surface area (Å²) < 4.78 is 15.6. The Balaban J connectivity index is 2.20. The summed E-state index contributed by atoms with van der Waals surface area (Å²) in [5.74, 6) is 1.83. The van der Waals surface area contributed by atoms with Crippen LogP contribution in [0, 0.1) is 0 Å². The predicted molar refractivity (Wildman–Crippen MR) is 94.2 cm³/mol. The van der Waals surface area contributed by atoms with Gasteiger partial charge in [0.1, 0.15) is 5.75 Å². The second kappa shape index (κ2) is 7.25. The fourth-order valence-electron chi connectivity index (χ4n) is 2.34. The van der Waals surface area contributed by atoms with Crippen LogP contribution in [0.2, 0.25) is 0 Å². The minimum absolute atomic E-state index is 0.111. The highest BCUT2D eigenvalue weighted by molar-refractivity contribution is 5.98. The lowest BCUT2D eigenvalue weighted by molar-refractivity contribution is -0.120. The number of rotatable bonds is 6. The van der Waals surface area contributed by atoms with E-state index < -0.39 is 5.41 Å². The van der Waals surface area contributed by atoms with E-state index in [0.717, 1.165) is 11.3 Å². The van der Waals surface area contributed by atoms with Crippen LogP contribution in [0.25, 0.3) is 0 Å². The van der Waals surface area contributed by atoms with E-state index in [4.69, 9.17) is 14.2 Å². The van der Waals surface area contributed by atoms with Crippen LogP contribution in [0.5, 0.6) is 17.2 Å². The molecule has 0 heterocycles. The third kappa shape index (κ3) is 3.62. The zero-order valence-corrected chi connectivity index (χ0v) is 14.7. The van der Waals surface area contributed by atoms with Gasteiger partial charge in [0.15, 0.2) is 11.5 Å². The standard InChI is InChI=1S/C19H23NO4/c1-19(2,13-6-9-15(22-3)10-7-13)18(21)20-14-8-11-16(23-4)17(12-14)24-5/h6-12H,1-5H3,(H,20,21). The molecule has 0 aromatic heterocycles. The Labute approximate surface area is 142 Å². The fourth-order valence-corrected chi connectivity index (χ4v) is 2.34. The summed E-state index contributed by atoms with van der Waals surface area (Å²) in [6.07, 6.45) is 0. The van der Waals surface area contributed by atoms with Gasteiger partial charge in [-0.25, -0.2) is 0 Å². The van der Waals surface area contributed by atoms with Crippen molar-refractivity contribution in [1.29, 1.82) is 0 Å². The van der Waals surface area contributed by atoms with Gasteiger partial charge >= 0.3 is 0 Å². The number of hydrogen-bond acceptors (Lipinski definition) is 4. The van der Waals surface area contributed by atoms with E-state index in [0.29, 0.717) is 17.2 Å². The number of carbonyl (C=O) groups is 1. The van der Waals surface area contributed by atoms with Gasteiger partial charge in [-0.15, -0.1) is 0 Å². The Hall–Kier alpha value is -2.69. The molecule has 0 aliphatic carbocycles. The van der Waals surface area contributed by atoms with Crippen LogP contribution >= 0.6 is 0 Å². The minimum atomic E-state index is -0.695. The summed E-state index contributed by atoms with van der Waals surface area (Å²) in [7, 11) is 4.75. The molecule has 24 heavy (non-hydrogen) atoms. The quantitative estimate of drug-likeness (QED) is 0.879. The highest BCUT2D eigenvalue weighted by atomic mass is 16.5. The summed E-state index contributed by atoms with van der Waals surface area (Å²) in [6.45, 7) is 3.76. The van der Waals surface area contributed by atoms with E-state index >= 15 is 0 Å². The average molecular weight is 329 g/mol. The monoisotopic (exact) mass is 329 g/mol. The van der Waals surface area contributed by atoms with Crippen LogP contribution < -0.4 is 19.5 Å². The molecule has 0 atom stereocenters. The lowest BCUT2D eigenvalue weighted by Crippen LogP contribution is -2.34. The number of methoxy groups -OCH3 is 3. The molecule has 0 saturated carbocycles. The molecule has 0 unspecified atom stereocenters. The van der Waals surface area contributed by atoms with Crippen LogP contribution in [0.1, 0.15) is 19.4 Å². The van der Waals surface area contributed by atoms with Gasteiger partial charge in [-0.05, 0) is 43.7 Å². The van der Waals surface area contributed by atoms with E-state index in [1.54, 1.807) is 39.5 Å². The number of carbonyl (C=O) groups excluding carboxylic acids is 1. The Morgan fingerprint density at radius 2 is 1.50 bits per heavy atom. The van der Waals surface area contributed by atoms with Gasteiger partial charge in [-0.1, -0.05) is 12.1 Å². The molecule has 2 aromatic rings. The second-order valence-corrected chi connectivity index (χ2v) is 5.88. The second-order valence-electron chi connectivity index (χ2n) is 5.88. The normalized spacial score (nSPS) is 10.9. The molecule has 0 spiro atoms. The summed E-state index contributed by atoms with van der Waals surface area (Å²) in [5, 5.41) is 2.93. The Morgan fingerprint density at radius 3 is 2.04 bits per heavy atom. The maximum Gasteiger partial charge on any atom is 0.234 e. The van der Waals surface area contributed by atoms with Crippen LogP contribution in [0.4, 0.5) is 5.69 Å². The van der Waals surface area contributed by atoms with E-state index in [1.165, 1.54) is 0 Å². The van der Waals surface area contributed by atoms with Crippen molar-refractivity contribution >= 4 is 11.6 Å². The topological polar surface area (TPSA) is 56.8 Å². The van der Waals surface area contributed by atoms with Crippen molar-refractivity contribution in [1.82, 2.24) is 0 Å². The summed E-state index contributed by atoms with van der Waals surface area (Å²) in [6, 6.07) is 12.8. The van der Waals surface area contributed by atoms with Crippen molar-refractivity contribution in [3.8, 4) is 17.2 Å². The number of ether oxygens (including phenoxy) is 3. The molecule has 128 valence electrons. The van der Waals surface area contributed by atoms with Gasteiger partial charge in [0.2, 0.25) is 5.91 Å². The summed E-state index contributed by atoms with van der Waals surface area (Å²) >= 11 is 0. The first kappa shape index (κ1) is 17.7. The van der Waals surface area contributed by atoms with Crippen molar-refractivity contribution in [3.05, 3.63) is 48.0 Å². The fraction of sp³-hybridized carbons (Fsp3) is 0.316. The van der Waals surface area contributed by atoms with Crippen LogP contribution in [0.3, 0.4) is 0 Å². The van der Waals surface area contributed by atoms with Gasteiger partial charge in [0.05, 0.1) is 26.7 Å². The van der Waals surface area contributed by atoms with Gasteiger partial charge in [0.25, 0.3) is 0 Å². The smallest absolute Gasteiger partial charge is 0.234 e. The molecular weight excluding hydrogens is 306 g/mol. The maximum atomic E-state index is 12.7. The van der Waals surface area contributed by atoms with Crippen LogP contribution in [-0.2, 0) is 10.2 Å².